The third-order valence-corrected chi connectivity index (χ3v) is 6.10. The Morgan fingerprint density at radius 1 is 1.06 bits per heavy atom. The van der Waals surface area contributed by atoms with Crippen LogP contribution in [0.3, 0.4) is 0 Å². The van der Waals surface area contributed by atoms with Crippen molar-refractivity contribution >= 4 is 70.1 Å². The highest BCUT2D eigenvalue weighted by molar-refractivity contribution is 7.80. The molecule has 1 aliphatic heterocycles. The van der Waals surface area contributed by atoms with Crippen molar-refractivity contribution in [2.24, 2.45) is 0 Å². The largest absolute Gasteiger partial charge is 0.478 e. The second-order valence-corrected chi connectivity index (χ2v) is 8.42. The quantitative estimate of drug-likeness (QED) is 0.274. The number of halogens is 2. The molecule has 1 saturated heterocycles. The van der Waals surface area contributed by atoms with E-state index in [2.05, 4.69) is 0 Å². The van der Waals surface area contributed by atoms with Crippen LogP contribution < -0.4 is 4.90 Å². The first-order valence-electron chi connectivity index (χ1n) is 10.0. The molecular weight excluding hydrogens is 499 g/mol. The van der Waals surface area contributed by atoms with E-state index in [1.807, 2.05) is 0 Å². The van der Waals surface area contributed by atoms with Crippen molar-refractivity contribution in [3.05, 3.63) is 81.5 Å². The van der Waals surface area contributed by atoms with E-state index >= 15 is 0 Å². The highest BCUT2D eigenvalue weighted by atomic mass is 35.5. The Hall–Kier alpha value is -3.46. The van der Waals surface area contributed by atoms with Crippen LogP contribution in [-0.2, 0) is 9.59 Å². The molecule has 2 aromatic carbocycles. The number of rotatable bonds is 5. The molecule has 34 heavy (non-hydrogen) atoms. The number of benzene rings is 2. The lowest BCUT2D eigenvalue weighted by molar-refractivity contribution is -0.127. The molecule has 0 spiro atoms. The van der Waals surface area contributed by atoms with Gasteiger partial charge >= 0.3 is 5.97 Å². The number of hydrogen-bond acceptors (Lipinski definition) is 5. The summed E-state index contributed by atoms with van der Waals surface area (Å²) in [5, 5.41) is 9.77. The van der Waals surface area contributed by atoms with Gasteiger partial charge in [0.05, 0.1) is 16.3 Å². The fourth-order valence-corrected chi connectivity index (χ4v) is 4.23. The zero-order valence-electron chi connectivity index (χ0n) is 17.6. The van der Waals surface area contributed by atoms with E-state index in [4.69, 9.17) is 44.9 Å². The van der Waals surface area contributed by atoms with E-state index in [1.54, 1.807) is 49.4 Å². The predicted octanol–water partition coefficient (Wildman–Crippen LogP) is 5.52. The first kappa shape index (κ1) is 23.7. The SMILES string of the molecule is CCN1C(=O)/C(=C\c2ccc(-c3ccc(C(=O)O)c(Cl)c3)o2)C(=O)N(c2ccc(Cl)cc2)C1=S. The Balaban J connectivity index is 1.71. The molecule has 1 N–H and O–H groups in total. The number of carbonyl (C=O) groups is 3. The molecule has 0 radical (unpaired) electrons. The Bertz CT molecular complexity index is 1360. The zero-order chi connectivity index (χ0) is 24.6. The van der Waals surface area contributed by atoms with Crippen molar-refractivity contribution in [2.75, 3.05) is 11.4 Å². The molecule has 1 fully saturated rings. The Morgan fingerprint density at radius 2 is 1.76 bits per heavy atom. The van der Waals surface area contributed by atoms with Gasteiger partial charge in [0.1, 0.15) is 17.1 Å². The number of thiocarbonyl (C=S) groups is 1. The van der Waals surface area contributed by atoms with Crippen LogP contribution in [0.2, 0.25) is 10.0 Å². The number of aromatic carboxylic acids is 1. The minimum atomic E-state index is -1.14. The molecule has 7 nitrogen and oxygen atoms in total. The number of anilines is 1. The highest BCUT2D eigenvalue weighted by Crippen LogP contribution is 2.30. The van der Waals surface area contributed by atoms with Crippen LogP contribution in [-0.4, -0.2) is 39.4 Å². The second kappa shape index (κ2) is 9.42. The number of carbonyl (C=O) groups excluding carboxylic acids is 2. The van der Waals surface area contributed by atoms with Crippen molar-refractivity contribution in [3.8, 4) is 11.3 Å². The summed E-state index contributed by atoms with van der Waals surface area (Å²) < 4.78 is 5.80. The number of hydrogen-bond donors (Lipinski definition) is 1. The first-order valence-corrected chi connectivity index (χ1v) is 11.2. The first-order chi connectivity index (χ1) is 16.2. The third kappa shape index (κ3) is 4.35. The van der Waals surface area contributed by atoms with Crippen molar-refractivity contribution in [1.29, 1.82) is 0 Å². The van der Waals surface area contributed by atoms with Gasteiger partial charge in [-0.15, -0.1) is 0 Å². The predicted molar refractivity (Wildman–Crippen MR) is 133 cm³/mol. The number of likely N-dealkylation sites (N-methyl/N-ethyl adjacent to an activating group) is 1. The van der Waals surface area contributed by atoms with Gasteiger partial charge in [-0.2, -0.15) is 0 Å². The molecule has 10 heteroatoms. The number of carboxylic acids is 1. The maximum absolute atomic E-state index is 13.3. The minimum absolute atomic E-state index is 0.0318. The fraction of sp³-hybridized carbons (Fsp3) is 0.0833. The number of carboxylic acid groups (broad SMARTS) is 1. The molecule has 0 unspecified atom stereocenters. The lowest BCUT2D eigenvalue weighted by atomic mass is 10.1. The minimum Gasteiger partial charge on any atom is -0.478 e. The van der Waals surface area contributed by atoms with Gasteiger partial charge in [-0.3, -0.25) is 19.4 Å². The number of furan rings is 1. The van der Waals surface area contributed by atoms with E-state index in [0.29, 0.717) is 22.0 Å². The number of amides is 2. The average Bonchev–Trinajstić information content (AvgIpc) is 3.27. The summed E-state index contributed by atoms with van der Waals surface area (Å²) in [7, 11) is 0. The van der Waals surface area contributed by atoms with Crippen LogP contribution in [0.1, 0.15) is 23.0 Å². The lowest BCUT2D eigenvalue weighted by Gasteiger charge is -2.35. The normalized spacial score (nSPS) is 15.4. The Kier molecular flexibility index (Phi) is 6.56. The summed E-state index contributed by atoms with van der Waals surface area (Å²) in [5.41, 5.74) is 0.867. The zero-order valence-corrected chi connectivity index (χ0v) is 19.9. The van der Waals surface area contributed by atoms with Crippen LogP contribution in [0.5, 0.6) is 0 Å². The standard InChI is InChI=1S/C24H16Cl2N2O5S/c1-2-27-21(29)18(22(30)28(24(27)34)15-6-4-14(25)5-7-15)12-16-8-10-20(33-16)13-3-9-17(23(31)32)19(26)11-13/h3-12H,2H2,1H3,(H,31,32)/b18-12+. The Morgan fingerprint density at radius 3 is 2.38 bits per heavy atom. The van der Waals surface area contributed by atoms with E-state index in [-0.39, 0.29) is 33.6 Å². The summed E-state index contributed by atoms with van der Waals surface area (Å²) in [4.78, 5) is 40.1. The molecule has 2 amide bonds. The van der Waals surface area contributed by atoms with Crippen molar-refractivity contribution in [3.63, 3.8) is 0 Å². The van der Waals surface area contributed by atoms with Crippen LogP contribution >= 0.6 is 35.4 Å². The topological polar surface area (TPSA) is 91.1 Å². The highest BCUT2D eigenvalue weighted by Gasteiger charge is 2.39. The molecule has 4 rings (SSSR count). The lowest BCUT2D eigenvalue weighted by Crippen LogP contribution is -2.56. The molecule has 0 bridgehead atoms. The van der Waals surface area contributed by atoms with E-state index in [0.717, 1.165) is 0 Å². The van der Waals surface area contributed by atoms with Gasteiger partial charge < -0.3 is 9.52 Å². The summed E-state index contributed by atoms with van der Waals surface area (Å²) in [6, 6.07) is 14.2. The molecule has 3 aromatic rings. The average molecular weight is 515 g/mol. The van der Waals surface area contributed by atoms with Crippen molar-refractivity contribution < 1.29 is 23.9 Å². The summed E-state index contributed by atoms with van der Waals surface area (Å²) in [6.07, 6.45) is 1.36. The van der Waals surface area contributed by atoms with Crippen LogP contribution in [0.25, 0.3) is 17.4 Å². The molecule has 2 heterocycles. The van der Waals surface area contributed by atoms with Gasteiger partial charge in [-0.25, -0.2) is 4.79 Å². The van der Waals surface area contributed by atoms with Gasteiger partial charge in [0.15, 0.2) is 5.11 Å². The van der Waals surface area contributed by atoms with Crippen molar-refractivity contribution in [2.45, 2.75) is 6.92 Å². The van der Waals surface area contributed by atoms with Crippen LogP contribution in [0, 0.1) is 0 Å². The van der Waals surface area contributed by atoms with Gasteiger partial charge in [-0.05, 0) is 73.7 Å². The molecule has 1 aliphatic rings. The van der Waals surface area contributed by atoms with Gasteiger partial charge in [0.25, 0.3) is 11.8 Å². The smallest absolute Gasteiger partial charge is 0.337 e. The summed E-state index contributed by atoms with van der Waals surface area (Å²) in [5.74, 6) is -1.62. The summed E-state index contributed by atoms with van der Waals surface area (Å²) in [6.45, 7) is 2.03. The van der Waals surface area contributed by atoms with Crippen LogP contribution in [0.15, 0.2) is 64.6 Å². The van der Waals surface area contributed by atoms with Gasteiger partial charge in [0.2, 0.25) is 0 Å². The molecule has 0 aliphatic carbocycles. The third-order valence-electron chi connectivity index (χ3n) is 5.13. The molecule has 0 atom stereocenters. The molecular formula is C24H16Cl2N2O5S. The number of nitrogens with zero attached hydrogens (tertiary/aromatic N) is 2. The van der Waals surface area contributed by atoms with Crippen LogP contribution in [0.4, 0.5) is 5.69 Å². The maximum atomic E-state index is 13.3. The summed E-state index contributed by atoms with van der Waals surface area (Å²) >= 11 is 17.4. The van der Waals surface area contributed by atoms with Gasteiger partial charge in [0, 0.05) is 17.1 Å². The fourth-order valence-electron chi connectivity index (χ4n) is 3.44. The van der Waals surface area contributed by atoms with E-state index in [1.165, 1.54) is 28.0 Å². The van der Waals surface area contributed by atoms with Gasteiger partial charge in [-0.1, -0.05) is 29.3 Å². The molecule has 1 aromatic heterocycles. The van der Waals surface area contributed by atoms with E-state index < -0.39 is 17.8 Å². The van der Waals surface area contributed by atoms with Crippen molar-refractivity contribution in [1.82, 2.24) is 4.90 Å². The molecule has 0 saturated carbocycles. The monoisotopic (exact) mass is 514 g/mol. The second-order valence-electron chi connectivity index (χ2n) is 7.21. The molecule has 172 valence electrons. The van der Waals surface area contributed by atoms with E-state index in [9.17, 15) is 14.4 Å². The Labute approximate surface area is 209 Å². The maximum Gasteiger partial charge on any atom is 0.337 e.